The number of aromatic nitrogens is 1. The molecule has 0 aliphatic carbocycles. The van der Waals surface area contributed by atoms with Crippen LogP contribution in [0, 0.1) is 10.8 Å². The van der Waals surface area contributed by atoms with Gasteiger partial charge in [0.1, 0.15) is 23.1 Å². The van der Waals surface area contributed by atoms with Crippen molar-refractivity contribution in [2.75, 3.05) is 6.61 Å². The van der Waals surface area contributed by atoms with Gasteiger partial charge in [-0.3, -0.25) is 4.79 Å². The van der Waals surface area contributed by atoms with E-state index in [2.05, 4.69) is 4.98 Å². The van der Waals surface area contributed by atoms with Crippen LogP contribution in [-0.2, 0) is 9.53 Å². The lowest BCUT2D eigenvalue weighted by molar-refractivity contribution is -0.137. The quantitative estimate of drug-likeness (QED) is 0.564. The zero-order valence-corrected chi connectivity index (χ0v) is 18.1. The fourth-order valence-electron chi connectivity index (χ4n) is 3.24. The summed E-state index contributed by atoms with van der Waals surface area (Å²) in [5, 5.41) is 11.1. The van der Waals surface area contributed by atoms with E-state index < -0.39 is 16.8 Å². The van der Waals surface area contributed by atoms with Gasteiger partial charge in [-0.1, -0.05) is 32.9 Å². The molecular formula is C23H25NO4S. The van der Waals surface area contributed by atoms with Crippen molar-refractivity contribution in [3.63, 3.8) is 0 Å². The number of hydrogen-bond acceptors (Lipinski definition) is 6. The highest BCUT2D eigenvalue weighted by Crippen LogP contribution is 2.36. The number of ether oxygens (including phenoxy) is 1. The molecule has 0 radical (unpaired) electrons. The van der Waals surface area contributed by atoms with Gasteiger partial charge in [0.15, 0.2) is 0 Å². The molecule has 0 saturated carbocycles. The van der Waals surface area contributed by atoms with Crippen LogP contribution in [0.4, 0.5) is 0 Å². The summed E-state index contributed by atoms with van der Waals surface area (Å²) in [6, 6.07) is 12.4. The number of nitrogens with zero attached hydrogens (tertiary/aromatic N) is 1. The molecular weight excluding hydrogens is 386 g/mol. The third-order valence-corrected chi connectivity index (χ3v) is 5.69. The molecule has 3 rings (SSSR count). The summed E-state index contributed by atoms with van der Waals surface area (Å²) < 4.78 is 6.40. The molecule has 0 bridgehead atoms. The maximum atomic E-state index is 12.5. The van der Waals surface area contributed by atoms with E-state index in [0.29, 0.717) is 10.6 Å². The number of aromatic hydroxyl groups is 1. The standard InChI is InChI=1S/C23H25NO4S/c1-22(2,3)21(27)23(4,5)13-28-20(26)14-10-11-15(17(25)12-14)19-24-16-8-6-7-9-18(16)29-19/h6-12,25H,13H2,1-5H3. The Kier molecular flexibility index (Phi) is 5.50. The van der Waals surface area contributed by atoms with Gasteiger partial charge in [-0.05, 0) is 44.2 Å². The van der Waals surface area contributed by atoms with Gasteiger partial charge in [-0.15, -0.1) is 11.3 Å². The van der Waals surface area contributed by atoms with Crippen LogP contribution in [0.15, 0.2) is 42.5 Å². The van der Waals surface area contributed by atoms with E-state index in [1.807, 2.05) is 45.0 Å². The molecule has 2 aromatic carbocycles. The number of hydrogen-bond donors (Lipinski definition) is 1. The molecule has 0 aliphatic heterocycles. The van der Waals surface area contributed by atoms with Crippen molar-refractivity contribution in [2.24, 2.45) is 10.8 Å². The average Bonchev–Trinajstić information content (AvgIpc) is 3.08. The SMILES string of the molecule is CC(C)(C)C(=O)C(C)(C)COC(=O)c1ccc(-c2nc3ccccc3s2)c(O)c1. The highest BCUT2D eigenvalue weighted by atomic mass is 32.1. The third kappa shape index (κ3) is 4.48. The number of esters is 1. The minimum atomic E-state index is -0.795. The average molecular weight is 412 g/mol. The van der Waals surface area contributed by atoms with E-state index in [0.717, 1.165) is 10.2 Å². The van der Waals surface area contributed by atoms with E-state index in [1.54, 1.807) is 26.0 Å². The van der Waals surface area contributed by atoms with Gasteiger partial charge in [0.05, 0.1) is 26.8 Å². The van der Waals surface area contributed by atoms with Crippen molar-refractivity contribution in [3.05, 3.63) is 48.0 Å². The van der Waals surface area contributed by atoms with Crippen LogP contribution in [0.1, 0.15) is 45.0 Å². The van der Waals surface area contributed by atoms with Gasteiger partial charge in [0, 0.05) is 5.41 Å². The largest absolute Gasteiger partial charge is 0.507 e. The maximum Gasteiger partial charge on any atom is 0.338 e. The molecule has 1 heterocycles. The monoisotopic (exact) mass is 411 g/mol. The van der Waals surface area contributed by atoms with E-state index >= 15 is 0 Å². The summed E-state index contributed by atoms with van der Waals surface area (Å²) in [5.41, 5.74) is 0.336. The Morgan fingerprint density at radius 2 is 1.76 bits per heavy atom. The van der Waals surface area contributed by atoms with Gasteiger partial charge in [0.25, 0.3) is 0 Å². The van der Waals surface area contributed by atoms with Crippen molar-refractivity contribution < 1.29 is 19.4 Å². The number of carbonyl (C=O) groups excluding carboxylic acids is 2. The summed E-state index contributed by atoms with van der Waals surface area (Å²) in [6.45, 7) is 9.04. The lowest BCUT2D eigenvalue weighted by Gasteiger charge is -2.30. The minimum absolute atomic E-state index is 0.0202. The number of phenols is 1. The van der Waals surface area contributed by atoms with Crippen LogP contribution >= 0.6 is 11.3 Å². The van der Waals surface area contributed by atoms with Crippen LogP contribution in [0.25, 0.3) is 20.8 Å². The number of Topliss-reactive ketones (excluding diaryl/α,β-unsaturated/α-hetero) is 1. The maximum absolute atomic E-state index is 12.5. The highest BCUT2D eigenvalue weighted by molar-refractivity contribution is 7.21. The first kappa shape index (κ1) is 21.0. The first-order chi connectivity index (χ1) is 13.5. The van der Waals surface area contributed by atoms with E-state index in [4.69, 9.17) is 4.74 Å². The molecule has 1 aromatic heterocycles. The molecule has 0 saturated heterocycles. The van der Waals surface area contributed by atoms with Crippen molar-refractivity contribution in [3.8, 4) is 16.3 Å². The highest BCUT2D eigenvalue weighted by Gasteiger charge is 2.37. The Bertz CT molecular complexity index is 1040. The van der Waals surface area contributed by atoms with Crippen LogP contribution in [0.3, 0.4) is 0 Å². The van der Waals surface area contributed by atoms with Crippen LogP contribution in [-0.4, -0.2) is 28.4 Å². The van der Waals surface area contributed by atoms with Gasteiger partial charge < -0.3 is 9.84 Å². The van der Waals surface area contributed by atoms with Crippen molar-refractivity contribution in [2.45, 2.75) is 34.6 Å². The van der Waals surface area contributed by atoms with Crippen LogP contribution in [0.2, 0.25) is 0 Å². The Morgan fingerprint density at radius 3 is 2.38 bits per heavy atom. The fourth-order valence-corrected chi connectivity index (χ4v) is 4.24. The summed E-state index contributed by atoms with van der Waals surface area (Å²) in [6.07, 6.45) is 0. The van der Waals surface area contributed by atoms with Gasteiger partial charge in [-0.2, -0.15) is 0 Å². The second-order valence-corrected chi connectivity index (χ2v) is 9.79. The zero-order valence-electron chi connectivity index (χ0n) is 17.3. The Morgan fingerprint density at radius 1 is 1.07 bits per heavy atom. The van der Waals surface area contributed by atoms with Crippen molar-refractivity contribution in [1.82, 2.24) is 4.98 Å². The summed E-state index contributed by atoms with van der Waals surface area (Å²) in [7, 11) is 0. The number of ketones is 1. The van der Waals surface area contributed by atoms with E-state index in [-0.39, 0.29) is 23.7 Å². The number of phenolic OH excluding ortho intramolecular Hbond substituents is 1. The molecule has 3 aromatic rings. The van der Waals surface area contributed by atoms with Crippen molar-refractivity contribution >= 4 is 33.3 Å². The fraction of sp³-hybridized carbons (Fsp3) is 0.348. The second kappa shape index (κ2) is 7.59. The second-order valence-electron chi connectivity index (χ2n) is 8.76. The third-order valence-electron chi connectivity index (χ3n) is 4.62. The molecule has 5 nitrogen and oxygen atoms in total. The Hall–Kier alpha value is -2.73. The number of rotatable bonds is 5. The van der Waals surface area contributed by atoms with Gasteiger partial charge in [0.2, 0.25) is 0 Å². The normalized spacial score (nSPS) is 12.2. The lowest BCUT2D eigenvalue weighted by atomic mass is 9.75. The molecule has 0 unspecified atom stereocenters. The molecule has 0 atom stereocenters. The summed E-state index contributed by atoms with van der Waals surface area (Å²) in [4.78, 5) is 29.5. The molecule has 1 N–H and O–H groups in total. The number of benzene rings is 2. The van der Waals surface area contributed by atoms with E-state index in [1.165, 1.54) is 17.4 Å². The number of thiazole rings is 1. The Balaban J connectivity index is 1.76. The van der Waals surface area contributed by atoms with E-state index in [9.17, 15) is 14.7 Å². The number of carbonyl (C=O) groups is 2. The van der Waals surface area contributed by atoms with Gasteiger partial charge >= 0.3 is 5.97 Å². The van der Waals surface area contributed by atoms with Crippen molar-refractivity contribution in [1.29, 1.82) is 0 Å². The first-order valence-corrected chi connectivity index (χ1v) is 10.2. The lowest BCUT2D eigenvalue weighted by Crippen LogP contribution is -2.38. The molecule has 29 heavy (non-hydrogen) atoms. The van der Waals surface area contributed by atoms with Crippen LogP contribution in [0.5, 0.6) is 5.75 Å². The number of fused-ring (bicyclic) bond motifs is 1. The molecule has 0 aliphatic rings. The predicted molar refractivity (Wildman–Crippen MR) is 115 cm³/mol. The smallest absolute Gasteiger partial charge is 0.338 e. The summed E-state index contributed by atoms with van der Waals surface area (Å²) in [5.74, 6) is -0.596. The Labute approximate surface area is 174 Å². The number of para-hydroxylation sites is 1. The first-order valence-electron chi connectivity index (χ1n) is 9.40. The molecule has 6 heteroatoms. The predicted octanol–water partition coefficient (Wildman–Crippen LogP) is 5.47. The topological polar surface area (TPSA) is 76.5 Å². The minimum Gasteiger partial charge on any atom is -0.507 e. The van der Waals surface area contributed by atoms with Crippen LogP contribution < -0.4 is 0 Å². The molecule has 0 fully saturated rings. The van der Waals surface area contributed by atoms with Gasteiger partial charge in [-0.25, -0.2) is 9.78 Å². The summed E-state index contributed by atoms with van der Waals surface area (Å²) >= 11 is 1.47. The molecule has 152 valence electrons. The molecule has 0 amide bonds. The molecule has 0 spiro atoms. The zero-order chi connectivity index (χ0) is 21.4.